The summed E-state index contributed by atoms with van der Waals surface area (Å²) in [5, 5.41) is 10.7. The van der Waals surface area contributed by atoms with Gasteiger partial charge < -0.3 is 24.5 Å². The van der Waals surface area contributed by atoms with Gasteiger partial charge in [-0.15, -0.1) is 11.8 Å². The van der Waals surface area contributed by atoms with E-state index in [2.05, 4.69) is 39.0 Å². The predicted molar refractivity (Wildman–Crippen MR) is 173 cm³/mol. The number of ether oxygens (including phenoxy) is 1. The van der Waals surface area contributed by atoms with E-state index in [0.29, 0.717) is 26.1 Å². The van der Waals surface area contributed by atoms with E-state index in [1.807, 2.05) is 42.2 Å². The predicted octanol–water partition coefficient (Wildman–Crippen LogP) is 4.81. The van der Waals surface area contributed by atoms with Crippen LogP contribution in [0.2, 0.25) is 0 Å². The molecule has 5 aliphatic rings. The molecule has 4 heterocycles. The summed E-state index contributed by atoms with van der Waals surface area (Å²) in [6.45, 7) is 9.38. The number of aliphatic hydroxyl groups is 1. The van der Waals surface area contributed by atoms with Crippen LogP contribution in [0.5, 0.6) is 5.75 Å². The maximum absolute atomic E-state index is 14.9. The Hall–Kier alpha value is -2.78. The fourth-order valence-corrected chi connectivity index (χ4v) is 10.7. The van der Waals surface area contributed by atoms with E-state index in [1.54, 1.807) is 21.6 Å². The third kappa shape index (κ3) is 5.08. The molecule has 0 radical (unpaired) electrons. The lowest BCUT2D eigenvalue weighted by molar-refractivity contribution is -0.147. The second-order valence-electron chi connectivity index (χ2n) is 13.7. The number of amides is 3. The number of hydrogen-bond donors (Lipinski definition) is 1. The zero-order valence-corrected chi connectivity index (χ0v) is 27.3. The molecule has 8 nitrogen and oxygen atoms in total. The van der Waals surface area contributed by atoms with Crippen LogP contribution in [0.15, 0.2) is 48.6 Å². The number of thioether (sulfide) groups is 1. The molecule has 6 rings (SSSR count). The monoisotopic (exact) mass is 621 g/mol. The number of likely N-dealkylation sites (tertiary alicyclic amines) is 1. The van der Waals surface area contributed by atoms with Gasteiger partial charge >= 0.3 is 0 Å². The number of fused-ring (bicyclic) bond motifs is 2. The summed E-state index contributed by atoms with van der Waals surface area (Å²) in [7, 11) is 0. The van der Waals surface area contributed by atoms with Crippen molar-refractivity contribution in [3.8, 4) is 5.75 Å². The molecule has 1 aromatic rings. The highest BCUT2D eigenvalue weighted by Crippen LogP contribution is 2.66. The largest absolute Gasteiger partial charge is 0.494 e. The third-order valence-corrected chi connectivity index (χ3v) is 12.1. The molecule has 44 heavy (non-hydrogen) atoms. The van der Waals surface area contributed by atoms with Gasteiger partial charge in [-0.2, -0.15) is 0 Å². The second kappa shape index (κ2) is 12.2. The van der Waals surface area contributed by atoms with Crippen molar-refractivity contribution in [1.29, 1.82) is 0 Å². The van der Waals surface area contributed by atoms with Crippen LogP contribution < -0.4 is 9.64 Å². The minimum atomic E-state index is -0.913. The molecule has 1 saturated carbocycles. The van der Waals surface area contributed by atoms with E-state index < -0.39 is 33.4 Å². The average molecular weight is 622 g/mol. The Morgan fingerprint density at radius 2 is 1.66 bits per heavy atom. The summed E-state index contributed by atoms with van der Waals surface area (Å²) in [5.74, 6) is -0.766. The summed E-state index contributed by atoms with van der Waals surface area (Å²) < 4.78 is 4.03. The maximum atomic E-state index is 14.9. The molecule has 1 aliphatic carbocycles. The van der Waals surface area contributed by atoms with Gasteiger partial charge in [-0.3, -0.25) is 14.4 Å². The molecule has 1 N–H and O–H groups in total. The summed E-state index contributed by atoms with van der Waals surface area (Å²) >= 11 is 1.61. The second-order valence-corrected chi connectivity index (χ2v) is 15.5. The van der Waals surface area contributed by atoms with Crippen LogP contribution >= 0.6 is 11.8 Å². The van der Waals surface area contributed by atoms with Crippen LogP contribution in [0.4, 0.5) is 5.69 Å². The van der Waals surface area contributed by atoms with Gasteiger partial charge in [-0.25, -0.2) is 0 Å². The topological polar surface area (TPSA) is 90.4 Å². The summed E-state index contributed by atoms with van der Waals surface area (Å²) in [6, 6.07) is 6.40. The van der Waals surface area contributed by atoms with Gasteiger partial charge in [0.15, 0.2) is 0 Å². The third-order valence-electron chi connectivity index (χ3n) is 10.3. The van der Waals surface area contributed by atoms with Crippen molar-refractivity contribution in [2.75, 3.05) is 31.2 Å². The standard InChI is InChI=1S/C35H47N3O5S/c1-5-43-27-15-13-25(14-16-27)36-19-9-17-34(4)28(31(36)40)29-32(41)38(26(22-39)21-23(2)3)30-33(42)37(24-11-7-6-8-12-24)20-10-18-35(29,30)44-34/h9-10,13-18,23-24,26,28-30,39H,5-8,11-12,19-22H2,1-4H3/t26-,28+,29+,30?,34-,35+/m1/s1. The molecular weight excluding hydrogens is 574 g/mol. The van der Waals surface area contributed by atoms with Crippen LogP contribution in [0.3, 0.4) is 0 Å². The smallest absolute Gasteiger partial charge is 0.247 e. The molecule has 3 amide bonds. The normalized spacial score (nSPS) is 32.9. The van der Waals surface area contributed by atoms with Crippen LogP contribution in [0.1, 0.15) is 66.2 Å². The van der Waals surface area contributed by atoms with Crippen molar-refractivity contribution in [3.63, 3.8) is 0 Å². The summed E-state index contributed by atoms with van der Waals surface area (Å²) in [5.41, 5.74) is 0.751. The Labute approximate surface area is 265 Å². The summed E-state index contributed by atoms with van der Waals surface area (Å²) in [4.78, 5) is 49.9. The van der Waals surface area contributed by atoms with Gasteiger partial charge in [-0.1, -0.05) is 57.4 Å². The van der Waals surface area contributed by atoms with Gasteiger partial charge in [0.05, 0.1) is 35.8 Å². The van der Waals surface area contributed by atoms with Gasteiger partial charge in [0.25, 0.3) is 0 Å². The molecule has 9 heteroatoms. The van der Waals surface area contributed by atoms with Gasteiger partial charge in [-0.05, 0) is 63.3 Å². The Balaban J connectivity index is 1.44. The first-order valence-electron chi connectivity index (χ1n) is 16.5. The van der Waals surface area contributed by atoms with Crippen LogP contribution in [0.25, 0.3) is 0 Å². The van der Waals surface area contributed by atoms with E-state index in [1.165, 1.54) is 6.42 Å². The number of carbonyl (C=O) groups excluding carboxylic acids is 3. The fourth-order valence-electron chi connectivity index (χ4n) is 8.53. The lowest BCUT2D eigenvalue weighted by atomic mass is 9.74. The number of rotatable bonds is 8. The van der Waals surface area contributed by atoms with Crippen LogP contribution in [-0.4, -0.2) is 86.6 Å². The molecule has 3 fully saturated rings. The Morgan fingerprint density at radius 3 is 2.32 bits per heavy atom. The van der Waals surface area contributed by atoms with Crippen molar-refractivity contribution in [2.45, 2.75) is 93.8 Å². The maximum Gasteiger partial charge on any atom is 0.247 e. The Bertz CT molecular complexity index is 1320. The van der Waals surface area contributed by atoms with E-state index in [-0.39, 0.29) is 36.3 Å². The van der Waals surface area contributed by atoms with Crippen molar-refractivity contribution >= 4 is 35.2 Å². The SMILES string of the molecule is CCOc1ccc(N2CC=C[C@@]3(C)S[C@]45C=CCN(C6CCCCC6)C(=O)C4N([C@@H](CO)CC(C)C)C(=O)[C@@H]5[C@H]3C2=O)cc1. The molecule has 0 aromatic heterocycles. The van der Waals surface area contributed by atoms with Crippen molar-refractivity contribution in [2.24, 2.45) is 17.8 Å². The van der Waals surface area contributed by atoms with Crippen molar-refractivity contribution < 1.29 is 24.2 Å². The van der Waals surface area contributed by atoms with E-state index in [9.17, 15) is 19.5 Å². The first-order valence-corrected chi connectivity index (χ1v) is 17.3. The molecule has 2 saturated heterocycles. The molecule has 0 bridgehead atoms. The highest BCUT2D eigenvalue weighted by molar-refractivity contribution is 8.02. The minimum absolute atomic E-state index is 0.0349. The summed E-state index contributed by atoms with van der Waals surface area (Å²) in [6.07, 6.45) is 14.2. The number of hydrogen-bond acceptors (Lipinski definition) is 6. The first-order chi connectivity index (χ1) is 21.1. The molecule has 1 spiro atoms. The van der Waals surface area contributed by atoms with Crippen LogP contribution in [-0.2, 0) is 14.4 Å². The van der Waals surface area contributed by atoms with Gasteiger partial charge in [0.2, 0.25) is 17.7 Å². The number of benzene rings is 1. The molecule has 4 aliphatic heterocycles. The van der Waals surface area contributed by atoms with Gasteiger partial charge in [0.1, 0.15) is 11.8 Å². The van der Waals surface area contributed by atoms with Crippen molar-refractivity contribution in [1.82, 2.24) is 9.80 Å². The average Bonchev–Trinajstić information content (AvgIpc) is 3.28. The van der Waals surface area contributed by atoms with Crippen LogP contribution in [0, 0.1) is 17.8 Å². The number of carbonyl (C=O) groups is 3. The first kappa shape index (κ1) is 31.2. The lowest BCUT2D eigenvalue weighted by Crippen LogP contribution is -2.58. The molecule has 6 atom stereocenters. The number of aliphatic hydroxyl groups excluding tert-OH is 1. The van der Waals surface area contributed by atoms with E-state index in [0.717, 1.165) is 37.1 Å². The molecule has 238 valence electrons. The zero-order valence-electron chi connectivity index (χ0n) is 26.5. The quantitative estimate of drug-likeness (QED) is 0.419. The molecular formula is C35H47N3O5S. The van der Waals surface area contributed by atoms with E-state index >= 15 is 0 Å². The Morgan fingerprint density at radius 1 is 0.955 bits per heavy atom. The molecule has 1 aromatic carbocycles. The zero-order chi connectivity index (χ0) is 31.2. The number of anilines is 1. The van der Waals surface area contributed by atoms with E-state index in [4.69, 9.17) is 4.74 Å². The minimum Gasteiger partial charge on any atom is -0.494 e. The molecule has 1 unspecified atom stereocenters. The highest BCUT2D eigenvalue weighted by atomic mass is 32.2. The number of nitrogens with zero attached hydrogens (tertiary/aromatic N) is 3. The Kier molecular flexibility index (Phi) is 8.65. The highest BCUT2D eigenvalue weighted by Gasteiger charge is 2.74. The lowest BCUT2D eigenvalue weighted by Gasteiger charge is -2.42. The fraction of sp³-hybridized carbons (Fsp3) is 0.629. The van der Waals surface area contributed by atoms with Crippen molar-refractivity contribution in [3.05, 3.63) is 48.6 Å². The van der Waals surface area contributed by atoms with Gasteiger partial charge in [0, 0.05) is 29.6 Å².